The van der Waals surface area contributed by atoms with Crippen molar-refractivity contribution >= 4 is 28.9 Å². The van der Waals surface area contributed by atoms with Crippen molar-refractivity contribution < 1.29 is 10.3 Å². The maximum Gasteiger partial charge on any atom is 0.109 e. The second-order valence-corrected chi connectivity index (χ2v) is 13.2. The molecule has 1 aromatic rings. The predicted octanol–water partition coefficient (Wildman–Crippen LogP) is 7.24. The van der Waals surface area contributed by atoms with E-state index in [0.29, 0.717) is 6.42 Å². The van der Waals surface area contributed by atoms with E-state index in [4.69, 9.17) is 4.98 Å². The molecule has 3 bridgehead atoms. The Bertz CT molecular complexity index is 1480. The first-order valence-corrected chi connectivity index (χ1v) is 16.4. The fourth-order valence-electron chi connectivity index (χ4n) is 8.75. The largest absolute Gasteiger partial charge is 0.428 e. The van der Waals surface area contributed by atoms with Gasteiger partial charge in [0.1, 0.15) is 5.69 Å². The number of rotatable bonds is 1. The van der Waals surface area contributed by atoms with Crippen molar-refractivity contribution in [3.8, 4) is 11.3 Å². The molecule has 1 aromatic carbocycles. The molecule has 1 unspecified atom stereocenters. The summed E-state index contributed by atoms with van der Waals surface area (Å²) in [6, 6.07) is 10.2. The lowest BCUT2D eigenvalue weighted by molar-refractivity contribution is -0.0801. The van der Waals surface area contributed by atoms with Crippen LogP contribution in [0.1, 0.15) is 76.3 Å². The van der Waals surface area contributed by atoms with Crippen LogP contribution in [0, 0.1) is 11.3 Å². The molecule has 1 saturated heterocycles. The van der Waals surface area contributed by atoms with E-state index >= 15 is 0 Å². The van der Waals surface area contributed by atoms with Crippen LogP contribution in [-0.2, 0) is 0 Å². The first-order valence-electron chi connectivity index (χ1n) is 16.4. The van der Waals surface area contributed by atoms with Crippen LogP contribution in [0.15, 0.2) is 66.9 Å². The number of fused-ring (bicyclic) bond motifs is 4. The highest BCUT2D eigenvalue weighted by Crippen LogP contribution is 2.57. The third-order valence-corrected chi connectivity index (χ3v) is 10.7. The molecule has 6 nitrogen and oxygen atoms in total. The zero-order valence-electron chi connectivity index (χ0n) is 25.3. The Kier molecular flexibility index (Phi) is 9.02. The topological polar surface area (TPSA) is 73.5 Å². The fraction of sp³-hybridized carbons (Fsp3) is 0.528. The second kappa shape index (κ2) is 12.8. The van der Waals surface area contributed by atoms with Crippen molar-refractivity contribution in [2.75, 3.05) is 26.2 Å². The summed E-state index contributed by atoms with van der Waals surface area (Å²) < 4.78 is 1.29. The van der Waals surface area contributed by atoms with E-state index in [1.165, 1.54) is 24.0 Å². The normalized spacial score (nSPS) is 33.5. The first kappa shape index (κ1) is 30.4. The van der Waals surface area contributed by atoms with Crippen LogP contribution in [0.25, 0.3) is 27.7 Å². The number of hydrogen-bond acceptors (Lipinski definition) is 5. The van der Waals surface area contributed by atoms with Crippen LogP contribution in [0.3, 0.4) is 0 Å². The molecule has 5 aliphatic heterocycles. The number of nitrogens with zero attached hydrogens (tertiary/aromatic N) is 3. The lowest BCUT2D eigenvalue weighted by Crippen LogP contribution is -2.68. The molecular formula is C36H47ClN4O2. The van der Waals surface area contributed by atoms with Gasteiger partial charge >= 0.3 is 0 Å². The minimum atomic E-state index is -1.05. The van der Waals surface area contributed by atoms with Gasteiger partial charge in [-0.05, 0) is 120 Å². The Morgan fingerprint density at radius 1 is 0.884 bits per heavy atom. The summed E-state index contributed by atoms with van der Waals surface area (Å²) in [7, 11) is 0. The van der Waals surface area contributed by atoms with E-state index in [1.54, 1.807) is 6.20 Å². The highest BCUT2D eigenvalue weighted by molar-refractivity contribution is 6.00. The molecule has 1 aliphatic carbocycles. The molecule has 1 spiro atoms. The molecule has 43 heavy (non-hydrogen) atoms. The number of para-hydroxylation sites is 1. The Morgan fingerprint density at radius 2 is 1.65 bits per heavy atom. The van der Waals surface area contributed by atoms with E-state index in [1.807, 2.05) is 12.1 Å². The molecule has 5 atom stereocenters. The van der Waals surface area contributed by atoms with E-state index in [-0.39, 0.29) is 29.8 Å². The van der Waals surface area contributed by atoms with Gasteiger partial charge in [0.05, 0.1) is 16.8 Å². The van der Waals surface area contributed by atoms with Crippen molar-refractivity contribution in [2.24, 2.45) is 11.3 Å². The van der Waals surface area contributed by atoms with E-state index < -0.39 is 5.60 Å². The molecule has 0 aromatic heterocycles. The summed E-state index contributed by atoms with van der Waals surface area (Å²) in [5.41, 5.74) is 3.43. The minimum absolute atomic E-state index is 0. The number of pyridine rings is 1. The van der Waals surface area contributed by atoms with Crippen LogP contribution in [0.2, 0.25) is 0 Å². The number of halogens is 1. The van der Waals surface area contributed by atoms with Crippen LogP contribution >= 0.6 is 12.4 Å². The monoisotopic (exact) mass is 602 g/mol. The maximum atomic E-state index is 12.9. The summed E-state index contributed by atoms with van der Waals surface area (Å²) in [5.74, 6) is 0.199. The lowest BCUT2D eigenvalue weighted by Gasteiger charge is -2.60. The Hall–Kier alpha value is -2.64. The maximum absolute atomic E-state index is 12.9. The Morgan fingerprint density at radius 3 is 2.51 bits per heavy atom. The van der Waals surface area contributed by atoms with E-state index in [0.717, 1.165) is 105 Å². The van der Waals surface area contributed by atoms with Gasteiger partial charge in [-0.25, -0.2) is 4.98 Å². The van der Waals surface area contributed by atoms with Gasteiger partial charge in [0, 0.05) is 35.1 Å². The highest BCUT2D eigenvalue weighted by Gasteiger charge is 2.59. The van der Waals surface area contributed by atoms with Gasteiger partial charge in [0.2, 0.25) is 0 Å². The van der Waals surface area contributed by atoms with Crippen molar-refractivity contribution in [3.63, 3.8) is 0 Å². The van der Waals surface area contributed by atoms with Crippen molar-refractivity contribution in [1.29, 1.82) is 0 Å². The van der Waals surface area contributed by atoms with Crippen LogP contribution in [-0.4, -0.2) is 62.7 Å². The summed E-state index contributed by atoms with van der Waals surface area (Å²) >= 11 is 0. The zero-order valence-corrected chi connectivity index (χ0v) is 26.1. The molecule has 3 N–H and O–H groups in total. The average Bonchev–Trinajstić information content (AvgIpc) is 3.34. The SMILES string of the molecule is Cl.On1ccc2c3ccccc3nc-2c1C1=C[C@@]2(O)CC/C=C\CCCCN3CC[C@@H]1[C@]1(CC/C=C\CCCCN[C@H]12)C3. The van der Waals surface area contributed by atoms with Gasteiger partial charge in [0.15, 0.2) is 0 Å². The third-order valence-electron chi connectivity index (χ3n) is 10.7. The predicted molar refractivity (Wildman–Crippen MR) is 177 cm³/mol. The van der Waals surface area contributed by atoms with Crippen LogP contribution < -0.4 is 5.32 Å². The summed E-state index contributed by atoms with van der Waals surface area (Å²) in [6.07, 6.45) is 24.7. The smallest absolute Gasteiger partial charge is 0.109 e. The molecule has 6 aliphatic rings. The van der Waals surface area contributed by atoms with Gasteiger partial charge in [-0.2, -0.15) is 4.73 Å². The molecule has 0 amide bonds. The second-order valence-electron chi connectivity index (χ2n) is 13.2. The van der Waals surface area contributed by atoms with Gasteiger partial charge in [-0.15, -0.1) is 12.4 Å². The van der Waals surface area contributed by atoms with Gasteiger partial charge < -0.3 is 20.5 Å². The number of nitrogens with one attached hydrogen (secondary N) is 1. The molecule has 7 heteroatoms. The molecule has 0 radical (unpaired) electrons. The number of allylic oxidation sites excluding steroid dienone is 5. The van der Waals surface area contributed by atoms with Crippen molar-refractivity contribution in [1.82, 2.24) is 19.9 Å². The number of benzene rings is 1. The average molecular weight is 603 g/mol. The van der Waals surface area contributed by atoms with Crippen molar-refractivity contribution in [2.45, 2.75) is 82.3 Å². The van der Waals surface area contributed by atoms with Crippen molar-refractivity contribution in [3.05, 3.63) is 72.6 Å². The molecule has 1 fully saturated rings. The van der Waals surface area contributed by atoms with Gasteiger partial charge in [-0.1, -0.05) is 42.5 Å². The Labute approximate surface area is 262 Å². The zero-order chi connectivity index (χ0) is 28.6. The number of aromatic nitrogens is 2. The minimum Gasteiger partial charge on any atom is -0.428 e. The molecular weight excluding hydrogens is 556 g/mol. The number of hydrogen-bond donors (Lipinski definition) is 3. The Balaban J connectivity index is 0.00000329. The first-order chi connectivity index (χ1) is 20.6. The lowest BCUT2D eigenvalue weighted by atomic mass is 9.53. The summed E-state index contributed by atoms with van der Waals surface area (Å²) in [6.45, 7) is 4.03. The van der Waals surface area contributed by atoms with Crippen LogP contribution in [0.5, 0.6) is 0 Å². The molecule has 7 rings (SSSR count). The van der Waals surface area contributed by atoms with E-state index in [2.05, 4.69) is 58.8 Å². The number of piperidine rings is 1. The van der Waals surface area contributed by atoms with Crippen LogP contribution in [0.4, 0.5) is 0 Å². The highest BCUT2D eigenvalue weighted by atomic mass is 35.5. The third kappa shape index (κ3) is 5.56. The standard InChI is InChI=1S/C36H46N4O2.ClH/c41-36-20-12-6-2-4-8-14-22-39-23-18-30(35(26-39)19-11-5-1-3-7-13-21-37-34(35)36)29(25-36)33-32-28(17-24-40(33)42)27-15-9-10-16-31(27)38-32;/h1-2,5-6,9-10,15-17,24-25,30,34,37,41-42H,3-4,7-8,11-14,18-23,26H2;1H/b5-1-,6-2-;/t30-,34+,35-,36-;/m0./s1. The quantitative estimate of drug-likeness (QED) is 0.202. The van der Waals surface area contributed by atoms with Gasteiger partial charge in [0.25, 0.3) is 0 Å². The molecule has 0 saturated carbocycles. The van der Waals surface area contributed by atoms with E-state index in [9.17, 15) is 10.3 Å². The summed E-state index contributed by atoms with van der Waals surface area (Å²) in [4.78, 5) is 7.77. The summed E-state index contributed by atoms with van der Waals surface area (Å²) in [5, 5.41) is 29.6. The molecule has 230 valence electrons. The number of aliphatic hydroxyl groups is 1. The molecule has 5 heterocycles. The van der Waals surface area contributed by atoms with Gasteiger partial charge in [-0.3, -0.25) is 0 Å². The fourth-order valence-corrected chi connectivity index (χ4v) is 8.75.